The van der Waals surface area contributed by atoms with Crippen molar-refractivity contribution in [3.63, 3.8) is 0 Å². The Kier molecular flexibility index (Phi) is 7.60. The maximum Gasteiger partial charge on any atom is 0.418 e. The number of carbonyl (C=O) groups is 3. The number of hydrogen-bond donors (Lipinski definition) is 2. The first-order valence-electron chi connectivity index (χ1n) is 15.2. The van der Waals surface area contributed by atoms with Gasteiger partial charge in [0.05, 0.1) is 33.8 Å². The molecule has 3 aromatic carbocycles. The first-order chi connectivity index (χ1) is 23.0. The average Bonchev–Trinajstić information content (AvgIpc) is 3.79. The van der Waals surface area contributed by atoms with Gasteiger partial charge < -0.3 is 15.0 Å². The second-order valence-corrected chi connectivity index (χ2v) is 15.5. The lowest BCUT2D eigenvalue weighted by Crippen LogP contribution is -2.42. The van der Waals surface area contributed by atoms with Gasteiger partial charge in [-0.15, -0.1) is 11.8 Å². The number of nitrogens with zero attached hydrogens (tertiary/aromatic N) is 1. The van der Waals surface area contributed by atoms with Crippen LogP contribution >= 0.6 is 39.0 Å². The van der Waals surface area contributed by atoms with Crippen molar-refractivity contribution in [2.45, 2.75) is 28.8 Å². The van der Waals surface area contributed by atoms with E-state index in [4.69, 9.17) is 4.74 Å². The number of ether oxygens (including phenoxy) is 1. The van der Waals surface area contributed by atoms with Gasteiger partial charge in [-0.2, -0.15) is 13.2 Å². The molecule has 48 heavy (non-hydrogen) atoms. The lowest BCUT2D eigenvalue weighted by molar-refractivity contribution is -0.137. The third kappa shape index (κ3) is 5.02. The highest BCUT2D eigenvalue weighted by Gasteiger charge is 2.69. The summed E-state index contributed by atoms with van der Waals surface area (Å²) in [6, 6.07) is 18.9. The van der Waals surface area contributed by atoms with Crippen LogP contribution in [0.3, 0.4) is 0 Å². The quantitative estimate of drug-likeness (QED) is 0.207. The fourth-order valence-corrected chi connectivity index (χ4v) is 11.5. The van der Waals surface area contributed by atoms with E-state index in [1.165, 1.54) is 23.1 Å². The number of anilines is 2. The van der Waals surface area contributed by atoms with Gasteiger partial charge in [-0.1, -0.05) is 57.6 Å². The number of nitrogens with one attached hydrogen (secondary N) is 2. The summed E-state index contributed by atoms with van der Waals surface area (Å²) in [6.07, 6.45) is -3.96. The summed E-state index contributed by atoms with van der Waals surface area (Å²) in [4.78, 5) is 58.3. The van der Waals surface area contributed by atoms with Crippen molar-refractivity contribution in [2.75, 3.05) is 16.8 Å². The summed E-state index contributed by atoms with van der Waals surface area (Å²) >= 11 is 6.19. The standard InChI is InChI=1S/C34H25BrF3N3O5S2/c35-15-10-11-22(46-14-23(42)39-21-9-5-4-8-20(21)34(36,37)38)17(12-15)24-25-18-13-19(28(25)47-30-29(24)48-33(45)40-30)27-26(18)31(43)41(32(27)44)16-6-2-1-3-7-16/h1-12,18-19,24-28H,13-14H2,(H,39,42)(H,40,45)/t18?,19?,24-,25?,26?,27?,28?/m1/s1. The molecule has 0 radical (unpaired) electrons. The van der Waals surface area contributed by atoms with Crippen LogP contribution in [0.1, 0.15) is 28.3 Å². The van der Waals surface area contributed by atoms with E-state index in [9.17, 15) is 32.3 Å². The van der Waals surface area contributed by atoms with Crippen LogP contribution in [0.4, 0.5) is 24.5 Å². The van der Waals surface area contributed by atoms with Gasteiger partial charge in [0.1, 0.15) is 5.75 Å². The number of para-hydroxylation sites is 2. The molecule has 2 aliphatic heterocycles. The molecule has 3 heterocycles. The zero-order valence-electron chi connectivity index (χ0n) is 24.7. The lowest BCUT2D eigenvalue weighted by Gasteiger charge is -2.43. The molecule has 8 rings (SSSR count). The number of fused-ring (bicyclic) bond motifs is 9. The lowest BCUT2D eigenvalue weighted by atomic mass is 9.68. The molecule has 8 nitrogen and oxygen atoms in total. The number of hydrogen-bond acceptors (Lipinski definition) is 7. The Morgan fingerprint density at radius 3 is 2.44 bits per heavy atom. The van der Waals surface area contributed by atoms with Gasteiger partial charge in [-0.3, -0.25) is 24.1 Å². The summed E-state index contributed by atoms with van der Waals surface area (Å²) < 4.78 is 47.3. The van der Waals surface area contributed by atoms with Gasteiger partial charge in [-0.25, -0.2) is 0 Å². The molecule has 4 aromatic rings. The van der Waals surface area contributed by atoms with Crippen molar-refractivity contribution in [1.29, 1.82) is 0 Å². The summed E-state index contributed by atoms with van der Waals surface area (Å²) in [5, 5.41) is 2.96. The third-order valence-electron chi connectivity index (χ3n) is 9.91. The number of thiazole rings is 1. The Balaban J connectivity index is 1.13. The molecular formula is C34H25BrF3N3O5S2. The zero-order valence-corrected chi connectivity index (χ0v) is 27.9. The zero-order chi connectivity index (χ0) is 33.5. The molecule has 0 spiro atoms. The highest BCUT2D eigenvalue weighted by molar-refractivity contribution is 9.10. The minimum atomic E-state index is -4.65. The normalized spacial score (nSPS) is 27.1. The largest absolute Gasteiger partial charge is 0.483 e. The fourth-order valence-electron chi connectivity index (χ4n) is 8.26. The Morgan fingerprint density at radius 2 is 1.69 bits per heavy atom. The molecule has 1 saturated heterocycles. The Labute approximate surface area is 288 Å². The Bertz CT molecular complexity index is 2040. The Hall–Kier alpha value is -3.88. The van der Waals surface area contributed by atoms with Gasteiger partial charge in [0, 0.05) is 26.1 Å². The molecule has 6 unspecified atom stereocenters. The Morgan fingerprint density at radius 1 is 0.979 bits per heavy atom. The number of alkyl halides is 3. The third-order valence-corrected chi connectivity index (χ3v) is 13.0. The summed E-state index contributed by atoms with van der Waals surface area (Å²) in [5.41, 5.74) is -0.111. The van der Waals surface area contributed by atoms with Crippen LogP contribution in [0.2, 0.25) is 0 Å². The smallest absolute Gasteiger partial charge is 0.418 e. The molecule has 1 aromatic heterocycles. The van der Waals surface area contributed by atoms with Crippen molar-refractivity contribution in [3.8, 4) is 5.75 Å². The molecule has 246 valence electrons. The number of aromatic amines is 1. The second kappa shape index (κ2) is 11.6. The second-order valence-electron chi connectivity index (χ2n) is 12.4. The van der Waals surface area contributed by atoms with Crippen molar-refractivity contribution >= 4 is 68.1 Å². The van der Waals surface area contributed by atoms with Crippen LogP contribution < -0.4 is 19.8 Å². The number of aromatic nitrogens is 1. The number of imide groups is 1. The van der Waals surface area contributed by atoms with E-state index in [1.807, 2.05) is 12.1 Å². The molecule has 2 aliphatic carbocycles. The molecule has 2 bridgehead atoms. The molecule has 2 saturated carbocycles. The minimum Gasteiger partial charge on any atom is -0.483 e. The molecular weight excluding hydrogens is 731 g/mol. The maximum absolute atomic E-state index is 14.0. The molecule has 14 heteroatoms. The van der Waals surface area contributed by atoms with Crippen LogP contribution in [-0.4, -0.2) is 34.6 Å². The molecule has 3 amide bonds. The van der Waals surface area contributed by atoms with Crippen LogP contribution in [0.25, 0.3) is 0 Å². The topological polar surface area (TPSA) is 109 Å². The van der Waals surface area contributed by atoms with Gasteiger partial charge in [-0.05, 0) is 66.6 Å². The maximum atomic E-state index is 14.0. The summed E-state index contributed by atoms with van der Waals surface area (Å²) in [6.45, 7) is -0.567. The van der Waals surface area contributed by atoms with Crippen LogP contribution in [-0.2, 0) is 20.6 Å². The predicted molar refractivity (Wildman–Crippen MR) is 177 cm³/mol. The number of rotatable bonds is 6. The number of carbonyl (C=O) groups excluding carboxylic acids is 3. The molecule has 3 fully saturated rings. The van der Waals surface area contributed by atoms with Gasteiger partial charge >= 0.3 is 11.0 Å². The minimum absolute atomic E-state index is 0.0690. The molecule has 4 aliphatic rings. The number of amides is 3. The average molecular weight is 757 g/mol. The van der Waals surface area contributed by atoms with E-state index in [1.54, 1.807) is 48.2 Å². The summed E-state index contributed by atoms with van der Waals surface area (Å²) in [5.74, 6) is -2.55. The SMILES string of the molecule is O=C(COc1ccc(Br)cc1[C@H]1c2sc(=O)[nH]c2SC2C3CC(C4C(=O)N(c5ccccc5)C(=O)C34)C21)Nc1ccccc1C(F)(F)F. The fraction of sp³-hybridized carbons (Fsp3) is 0.294. The molecule has 7 atom stereocenters. The first kappa shape index (κ1) is 31.4. The highest BCUT2D eigenvalue weighted by Crippen LogP contribution is 2.69. The van der Waals surface area contributed by atoms with Crippen LogP contribution in [0, 0.1) is 29.6 Å². The van der Waals surface area contributed by atoms with E-state index in [-0.39, 0.29) is 45.4 Å². The van der Waals surface area contributed by atoms with E-state index >= 15 is 0 Å². The summed E-state index contributed by atoms with van der Waals surface area (Å²) in [7, 11) is 0. The van der Waals surface area contributed by atoms with E-state index in [0.717, 1.165) is 26.8 Å². The number of H-pyrrole nitrogens is 1. The number of benzene rings is 3. The van der Waals surface area contributed by atoms with Gasteiger partial charge in [0.15, 0.2) is 6.61 Å². The highest BCUT2D eigenvalue weighted by atomic mass is 79.9. The van der Waals surface area contributed by atoms with Crippen LogP contribution in [0.15, 0.2) is 87.1 Å². The van der Waals surface area contributed by atoms with Crippen molar-refractivity contribution in [2.24, 2.45) is 29.6 Å². The van der Waals surface area contributed by atoms with E-state index in [2.05, 4.69) is 26.2 Å². The van der Waals surface area contributed by atoms with Gasteiger partial charge in [0.2, 0.25) is 11.8 Å². The van der Waals surface area contributed by atoms with Crippen molar-refractivity contribution in [1.82, 2.24) is 4.98 Å². The predicted octanol–water partition coefficient (Wildman–Crippen LogP) is 6.91. The van der Waals surface area contributed by atoms with Crippen molar-refractivity contribution in [3.05, 3.63) is 103 Å². The van der Waals surface area contributed by atoms with E-state index in [0.29, 0.717) is 28.4 Å². The number of halogens is 4. The van der Waals surface area contributed by atoms with E-state index < -0.39 is 42.0 Å². The molecule has 2 N–H and O–H groups in total. The monoisotopic (exact) mass is 755 g/mol. The van der Waals surface area contributed by atoms with Gasteiger partial charge in [0.25, 0.3) is 5.91 Å². The first-order valence-corrected chi connectivity index (χ1v) is 17.7. The van der Waals surface area contributed by atoms with Crippen LogP contribution in [0.5, 0.6) is 5.75 Å². The van der Waals surface area contributed by atoms with Crippen molar-refractivity contribution < 1.29 is 32.3 Å². The number of thioether (sulfide) groups is 1.